The number of aryl methyl sites for hydroxylation is 1. The minimum atomic E-state index is -0.770. The van der Waals surface area contributed by atoms with Gasteiger partial charge >= 0.3 is 6.09 Å². The van der Waals surface area contributed by atoms with Crippen molar-refractivity contribution in [3.63, 3.8) is 0 Å². The van der Waals surface area contributed by atoms with Gasteiger partial charge in [0.2, 0.25) is 0 Å². The van der Waals surface area contributed by atoms with Crippen LogP contribution in [0.2, 0.25) is 0 Å². The van der Waals surface area contributed by atoms with E-state index in [1.165, 1.54) is 5.56 Å². The zero-order valence-electron chi connectivity index (χ0n) is 12.3. The second-order valence-electron chi connectivity index (χ2n) is 5.39. The molecule has 2 rings (SSSR count). The smallest absolute Gasteiger partial charge is 0.404 e. The monoisotopic (exact) mass is 293 g/mol. The van der Waals surface area contributed by atoms with Crippen LogP contribution in [0.4, 0.5) is 4.79 Å². The van der Waals surface area contributed by atoms with E-state index in [4.69, 9.17) is 20.9 Å². The molecule has 1 amide bonds. The summed E-state index contributed by atoms with van der Waals surface area (Å²) in [5.74, 6) is 0.860. The van der Waals surface area contributed by atoms with Crippen LogP contribution in [0.1, 0.15) is 12.0 Å². The maximum atomic E-state index is 10.8. The van der Waals surface area contributed by atoms with Crippen molar-refractivity contribution in [2.75, 3.05) is 26.2 Å². The summed E-state index contributed by atoms with van der Waals surface area (Å²) in [4.78, 5) is 13.0. The standard InChI is InChI=1S/C15H23N3O3/c1-11-2-4-12(5-3-11)20-9-8-18-7-6-13(16)14(10-18)21-15(17)19/h2-5,13-14H,6-10,16H2,1H3,(H2,17,19). The number of carbonyl (C=O) groups is 1. The van der Waals surface area contributed by atoms with E-state index in [1.54, 1.807) is 0 Å². The Hall–Kier alpha value is -1.79. The lowest BCUT2D eigenvalue weighted by atomic mass is 10.0. The number of carbonyl (C=O) groups excluding carboxylic acids is 1. The molecule has 21 heavy (non-hydrogen) atoms. The number of primary amides is 1. The third-order valence-electron chi connectivity index (χ3n) is 3.66. The molecule has 0 aliphatic carbocycles. The molecule has 0 bridgehead atoms. The predicted molar refractivity (Wildman–Crippen MR) is 80.2 cm³/mol. The van der Waals surface area contributed by atoms with Gasteiger partial charge in [0, 0.05) is 25.7 Å². The molecule has 1 aliphatic heterocycles. The van der Waals surface area contributed by atoms with E-state index in [2.05, 4.69) is 4.90 Å². The van der Waals surface area contributed by atoms with Crippen molar-refractivity contribution in [1.82, 2.24) is 4.90 Å². The molecule has 6 nitrogen and oxygen atoms in total. The second-order valence-corrected chi connectivity index (χ2v) is 5.39. The number of benzene rings is 1. The van der Waals surface area contributed by atoms with Gasteiger partial charge in [0.25, 0.3) is 0 Å². The Morgan fingerprint density at radius 2 is 2.10 bits per heavy atom. The molecular weight excluding hydrogens is 270 g/mol. The van der Waals surface area contributed by atoms with Crippen molar-refractivity contribution in [1.29, 1.82) is 0 Å². The first-order valence-electron chi connectivity index (χ1n) is 7.18. The topological polar surface area (TPSA) is 90.8 Å². The number of hydrogen-bond acceptors (Lipinski definition) is 5. The average molecular weight is 293 g/mol. The van der Waals surface area contributed by atoms with Crippen LogP contribution in [-0.4, -0.2) is 49.4 Å². The Labute approximate surface area is 125 Å². The fraction of sp³-hybridized carbons (Fsp3) is 0.533. The molecule has 1 aromatic carbocycles. The molecule has 4 N–H and O–H groups in total. The molecule has 0 radical (unpaired) electrons. The lowest BCUT2D eigenvalue weighted by molar-refractivity contribution is 0.0298. The van der Waals surface area contributed by atoms with E-state index in [1.807, 2.05) is 31.2 Å². The third kappa shape index (κ3) is 4.91. The summed E-state index contributed by atoms with van der Waals surface area (Å²) in [5, 5.41) is 0. The highest BCUT2D eigenvalue weighted by Gasteiger charge is 2.28. The molecule has 1 heterocycles. The quantitative estimate of drug-likeness (QED) is 0.840. The fourth-order valence-electron chi connectivity index (χ4n) is 2.40. The predicted octanol–water partition coefficient (Wildman–Crippen LogP) is 0.871. The van der Waals surface area contributed by atoms with E-state index in [0.29, 0.717) is 13.2 Å². The van der Waals surface area contributed by atoms with Gasteiger partial charge in [0.05, 0.1) is 0 Å². The zero-order valence-corrected chi connectivity index (χ0v) is 12.3. The van der Waals surface area contributed by atoms with Gasteiger partial charge in [-0.25, -0.2) is 4.79 Å². The summed E-state index contributed by atoms with van der Waals surface area (Å²) in [6.07, 6.45) is -0.327. The Morgan fingerprint density at radius 3 is 2.76 bits per heavy atom. The maximum absolute atomic E-state index is 10.8. The minimum Gasteiger partial charge on any atom is -0.492 e. The first kappa shape index (κ1) is 15.6. The van der Waals surface area contributed by atoms with Crippen molar-refractivity contribution in [3.05, 3.63) is 29.8 Å². The van der Waals surface area contributed by atoms with Crippen LogP contribution >= 0.6 is 0 Å². The Bertz CT molecular complexity index is 464. The number of ether oxygens (including phenoxy) is 2. The number of nitrogens with two attached hydrogens (primary N) is 2. The Morgan fingerprint density at radius 1 is 1.38 bits per heavy atom. The molecule has 1 fully saturated rings. The van der Waals surface area contributed by atoms with Gasteiger partial charge in [0.1, 0.15) is 18.5 Å². The van der Waals surface area contributed by atoms with E-state index in [-0.39, 0.29) is 12.1 Å². The normalized spacial score (nSPS) is 22.8. The van der Waals surface area contributed by atoms with Gasteiger partial charge in [-0.3, -0.25) is 4.90 Å². The van der Waals surface area contributed by atoms with Crippen LogP contribution in [0.25, 0.3) is 0 Å². The van der Waals surface area contributed by atoms with Crippen LogP contribution in [0.5, 0.6) is 5.75 Å². The maximum Gasteiger partial charge on any atom is 0.404 e. The lowest BCUT2D eigenvalue weighted by Crippen LogP contribution is -2.53. The number of nitrogens with zero attached hydrogens (tertiary/aromatic N) is 1. The summed E-state index contributed by atoms with van der Waals surface area (Å²) < 4.78 is 10.7. The van der Waals surface area contributed by atoms with Crippen LogP contribution < -0.4 is 16.2 Å². The lowest BCUT2D eigenvalue weighted by Gasteiger charge is -2.35. The van der Waals surface area contributed by atoms with Crippen LogP contribution in [0.3, 0.4) is 0 Å². The van der Waals surface area contributed by atoms with Crippen molar-refractivity contribution in [3.8, 4) is 5.75 Å². The Kier molecular flexibility index (Phi) is 5.41. The van der Waals surface area contributed by atoms with Gasteiger partial charge in [-0.05, 0) is 25.5 Å². The molecule has 2 unspecified atom stereocenters. The highest BCUT2D eigenvalue weighted by molar-refractivity contribution is 5.64. The first-order valence-corrected chi connectivity index (χ1v) is 7.18. The molecule has 116 valence electrons. The van der Waals surface area contributed by atoms with E-state index in [9.17, 15) is 4.79 Å². The van der Waals surface area contributed by atoms with Crippen molar-refractivity contribution in [2.24, 2.45) is 11.5 Å². The van der Waals surface area contributed by atoms with Gasteiger partial charge in [-0.15, -0.1) is 0 Å². The number of hydrogen-bond donors (Lipinski definition) is 2. The molecule has 2 atom stereocenters. The van der Waals surface area contributed by atoms with Crippen molar-refractivity contribution in [2.45, 2.75) is 25.5 Å². The molecule has 0 saturated carbocycles. The number of likely N-dealkylation sites (tertiary alicyclic amines) is 1. The minimum absolute atomic E-state index is 0.147. The molecule has 0 aromatic heterocycles. The first-order chi connectivity index (χ1) is 10.0. The van der Waals surface area contributed by atoms with E-state index >= 15 is 0 Å². The van der Waals surface area contributed by atoms with Crippen LogP contribution in [0, 0.1) is 6.92 Å². The number of rotatable bonds is 5. The molecule has 1 saturated heterocycles. The molecule has 1 aromatic rings. The fourth-order valence-corrected chi connectivity index (χ4v) is 2.40. The second kappa shape index (κ2) is 7.28. The van der Waals surface area contributed by atoms with Crippen molar-refractivity contribution < 1.29 is 14.3 Å². The zero-order chi connectivity index (χ0) is 15.2. The Balaban J connectivity index is 1.75. The van der Waals surface area contributed by atoms with Crippen LogP contribution in [-0.2, 0) is 4.74 Å². The summed E-state index contributed by atoms with van der Waals surface area (Å²) >= 11 is 0. The summed E-state index contributed by atoms with van der Waals surface area (Å²) in [6.45, 7) is 4.86. The van der Waals surface area contributed by atoms with E-state index in [0.717, 1.165) is 25.3 Å². The summed E-state index contributed by atoms with van der Waals surface area (Å²) in [5.41, 5.74) is 12.2. The van der Waals surface area contributed by atoms with Gasteiger partial charge < -0.3 is 20.9 Å². The molecular formula is C15H23N3O3. The number of piperidine rings is 1. The van der Waals surface area contributed by atoms with Gasteiger partial charge in [-0.2, -0.15) is 0 Å². The largest absolute Gasteiger partial charge is 0.492 e. The van der Waals surface area contributed by atoms with Gasteiger partial charge in [0.15, 0.2) is 0 Å². The van der Waals surface area contributed by atoms with Crippen molar-refractivity contribution >= 4 is 6.09 Å². The summed E-state index contributed by atoms with van der Waals surface area (Å²) in [7, 11) is 0. The number of amides is 1. The van der Waals surface area contributed by atoms with Crippen LogP contribution in [0.15, 0.2) is 24.3 Å². The average Bonchev–Trinajstić information content (AvgIpc) is 2.44. The molecule has 6 heteroatoms. The summed E-state index contributed by atoms with van der Waals surface area (Å²) in [6, 6.07) is 7.81. The van der Waals surface area contributed by atoms with Gasteiger partial charge in [-0.1, -0.05) is 17.7 Å². The molecule has 1 aliphatic rings. The molecule has 0 spiro atoms. The third-order valence-corrected chi connectivity index (χ3v) is 3.66. The SMILES string of the molecule is Cc1ccc(OCCN2CCC(N)C(OC(N)=O)C2)cc1. The van der Waals surface area contributed by atoms with E-state index < -0.39 is 6.09 Å². The highest BCUT2D eigenvalue weighted by atomic mass is 16.6. The highest BCUT2D eigenvalue weighted by Crippen LogP contribution is 2.14.